The van der Waals surface area contributed by atoms with Gasteiger partial charge < -0.3 is 10.6 Å². The monoisotopic (exact) mass is 405 g/mol. The molecule has 1 unspecified atom stereocenters. The molecule has 0 radical (unpaired) electrons. The smallest absolute Gasteiger partial charge is 0.240 e. The van der Waals surface area contributed by atoms with Crippen LogP contribution in [0.5, 0.6) is 0 Å². The minimum Gasteiger partial charge on any atom is -0.342 e. The lowest BCUT2D eigenvalue weighted by Gasteiger charge is -2.31. The van der Waals surface area contributed by atoms with Crippen LogP contribution in [0.4, 0.5) is 5.82 Å². The number of carbonyl (C=O) groups is 2. The number of hydrogen-bond donors (Lipinski definition) is 2. The molecule has 0 saturated carbocycles. The van der Waals surface area contributed by atoms with E-state index in [4.69, 9.17) is 5.73 Å². The van der Waals surface area contributed by atoms with Crippen LogP contribution in [-0.4, -0.2) is 62.6 Å². The molecule has 9 heteroatoms. The molecule has 2 aliphatic heterocycles. The molecule has 5 rings (SSSR count). The number of anilines is 1. The van der Waals surface area contributed by atoms with Crippen LogP contribution in [0.1, 0.15) is 19.3 Å². The van der Waals surface area contributed by atoms with Crippen molar-refractivity contribution in [3.8, 4) is 11.3 Å². The van der Waals surface area contributed by atoms with E-state index >= 15 is 0 Å². The molecule has 9 nitrogen and oxygen atoms in total. The SMILES string of the molecule is NC1CCN(C(=O)C2CCN(c3n[nH]c4cnc(-c5cccnc5)cc34)C2=O)CC1. The number of fused-ring (bicyclic) bond motifs is 1. The lowest BCUT2D eigenvalue weighted by atomic mass is 10.0. The average molecular weight is 405 g/mol. The van der Waals surface area contributed by atoms with Gasteiger partial charge in [0.05, 0.1) is 17.4 Å². The van der Waals surface area contributed by atoms with Gasteiger partial charge in [0.1, 0.15) is 5.92 Å². The number of rotatable bonds is 3. The maximum Gasteiger partial charge on any atom is 0.240 e. The second kappa shape index (κ2) is 7.49. The van der Waals surface area contributed by atoms with E-state index in [0.29, 0.717) is 31.9 Å². The van der Waals surface area contributed by atoms with Crippen LogP contribution >= 0.6 is 0 Å². The van der Waals surface area contributed by atoms with Gasteiger partial charge in [-0.1, -0.05) is 0 Å². The van der Waals surface area contributed by atoms with E-state index in [-0.39, 0.29) is 17.9 Å². The van der Waals surface area contributed by atoms with Crippen molar-refractivity contribution in [2.45, 2.75) is 25.3 Å². The minimum absolute atomic E-state index is 0.0908. The molecule has 2 aliphatic rings. The van der Waals surface area contributed by atoms with Crippen LogP contribution in [0.25, 0.3) is 22.2 Å². The highest BCUT2D eigenvalue weighted by molar-refractivity contribution is 6.12. The number of amides is 2. The number of nitrogens with one attached hydrogen (secondary N) is 1. The Hall–Kier alpha value is -3.33. The Labute approximate surface area is 173 Å². The van der Waals surface area contributed by atoms with Gasteiger partial charge in [0, 0.05) is 49.0 Å². The molecular formula is C21H23N7O2. The summed E-state index contributed by atoms with van der Waals surface area (Å²) in [6.45, 7) is 1.71. The van der Waals surface area contributed by atoms with E-state index in [1.807, 2.05) is 18.2 Å². The number of nitrogens with two attached hydrogens (primary N) is 1. The predicted molar refractivity (Wildman–Crippen MR) is 111 cm³/mol. The van der Waals surface area contributed by atoms with Gasteiger partial charge in [-0.3, -0.25) is 29.6 Å². The molecule has 0 aliphatic carbocycles. The van der Waals surface area contributed by atoms with Crippen LogP contribution in [0.2, 0.25) is 0 Å². The molecule has 0 aromatic carbocycles. The highest BCUT2D eigenvalue weighted by Gasteiger charge is 2.41. The summed E-state index contributed by atoms with van der Waals surface area (Å²) in [4.78, 5) is 38.1. The number of nitrogens with zero attached hydrogens (tertiary/aromatic N) is 5. The summed E-state index contributed by atoms with van der Waals surface area (Å²) in [6, 6.07) is 5.83. The van der Waals surface area contributed by atoms with E-state index in [1.54, 1.807) is 28.4 Å². The number of pyridine rings is 2. The summed E-state index contributed by atoms with van der Waals surface area (Å²) in [6.07, 6.45) is 7.22. The first-order valence-corrected chi connectivity index (χ1v) is 10.2. The van der Waals surface area contributed by atoms with Crippen LogP contribution in [-0.2, 0) is 9.59 Å². The summed E-state index contributed by atoms with van der Waals surface area (Å²) in [5.41, 5.74) is 8.32. The van der Waals surface area contributed by atoms with E-state index in [9.17, 15) is 9.59 Å². The molecule has 2 fully saturated rings. The van der Waals surface area contributed by atoms with Crippen LogP contribution in [0.3, 0.4) is 0 Å². The number of piperidine rings is 1. The standard InChI is InChI=1S/C21H23N7O2/c22-14-3-7-27(8-4-14)20(29)15-5-9-28(21(15)30)19-16-10-17(13-2-1-6-23-11-13)24-12-18(16)25-26-19/h1-2,6,10-12,14-15H,3-5,7-9,22H2,(H,25,26). The van der Waals surface area contributed by atoms with Crippen molar-refractivity contribution in [3.63, 3.8) is 0 Å². The Morgan fingerprint density at radius 1 is 1.17 bits per heavy atom. The second-order valence-electron chi connectivity index (χ2n) is 7.90. The Balaban J connectivity index is 1.40. The predicted octanol–water partition coefficient (Wildman–Crippen LogP) is 1.32. The van der Waals surface area contributed by atoms with Gasteiger partial charge in [0.25, 0.3) is 0 Å². The van der Waals surface area contributed by atoms with Crippen LogP contribution < -0.4 is 10.6 Å². The number of likely N-dealkylation sites (tertiary alicyclic amines) is 1. The van der Waals surface area contributed by atoms with Gasteiger partial charge in [-0.15, -0.1) is 0 Å². The van der Waals surface area contributed by atoms with Gasteiger partial charge in [-0.05, 0) is 37.5 Å². The van der Waals surface area contributed by atoms with Crippen LogP contribution in [0, 0.1) is 5.92 Å². The maximum absolute atomic E-state index is 13.1. The molecule has 1 atom stereocenters. The quantitative estimate of drug-likeness (QED) is 0.634. The summed E-state index contributed by atoms with van der Waals surface area (Å²) < 4.78 is 0. The third-order valence-electron chi connectivity index (χ3n) is 5.99. The molecule has 154 valence electrons. The van der Waals surface area contributed by atoms with Gasteiger partial charge in [0.2, 0.25) is 11.8 Å². The van der Waals surface area contributed by atoms with Crippen molar-refractivity contribution >= 4 is 28.5 Å². The zero-order chi connectivity index (χ0) is 20.7. The highest BCUT2D eigenvalue weighted by atomic mass is 16.2. The van der Waals surface area contributed by atoms with Crippen molar-refractivity contribution in [2.24, 2.45) is 11.7 Å². The summed E-state index contributed by atoms with van der Waals surface area (Å²) >= 11 is 0. The van der Waals surface area contributed by atoms with Gasteiger partial charge in [-0.25, -0.2) is 0 Å². The fourth-order valence-electron chi connectivity index (χ4n) is 4.24. The molecule has 3 N–H and O–H groups in total. The molecule has 3 aromatic heterocycles. The lowest BCUT2D eigenvalue weighted by molar-refractivity contribution is -0.140. The molecule has 3 aromatic rings. The fourth-order valence-corrected chi connectivity index (χ4v) is 4.24. The zero-order valence-corrected chi connectivity index (χ0v) is 16.5. The minimum atomic E-state index is -0.647. The molecule has 30 heavy (non-hydrogen) atoms. The zero-order valence-electron chi connectivity index (χ0n) is 16.5. The van der Waals surface area contributed by atoms with Gasteiger partial charge in [-0.2, -0.15) is 5.10 Å². The normalized spacial score (nSPS) is 20.3. The molecule has 5 heterocycles. The number of hydrogen-bond acceptors (Lipinski definition) is 6. The first kappa shape index (κ1) is 18.7. The van der Waals surface area contributed by atoms with E-state index in [1.165, 1.54) is 0 Å². The van der Waals surface area contributed by atoms with Gasteiger partial charge >= 0.3 is 0 Å². The van der Waals surface area contributed by atoms with Crippen molar-refractivity contribution in [1.82, 2.24) is 25.1 Å². The van der Waals surface area contributed by atoms with Crippen LogP contribution in [0.15, 0.2) is 36.8 Å². The number of aromatic amines is 1. The first-order valence-electron chi connectivity index (χ1n) is 10.2. The largest absolute Gasteiger partial charge is 0.342 e. The Bertz CT molecular complexity index is 1090. The Morgan fingerprint density at radius 3 is 2.77 bits per heavy atom. The Kier molecular flexibility index (Phi) is 4.66. The van der Waals surface area contributed by atoms with E-state index in [0.717, 1.165) is 35.0 Å². The topological polar surface area (TPSA) is 121 Å². The Morgan fingerprint density at radius 2 is 2.00 bits per heavy atom. The summed E-state index contributed by atoms with van der Waals surface area (Å²) in [5, 5.41) is 8.11. The average Bonchev–Trinajstić information content (AvgIpc) is 3.37. The molecule has 2 saturated heterocycles. The molecule has 0 spiro atoms. The number of H-pyrrole nitrogens is 1. The summed E-state index contributed by atoms with van der Waals surface area (Å²) in [5.74, 6) is -0.390. The fraction of sp³-hybridized carbons (Fsp3) is 0.381. The first-order chi connectivity index (χ1) is 14.6. The number of aromatic nitrogens is 4. The van der Waals surface area contributed by atoms with Crippen molar-refractivity contribution in [2.75, 3.05) is 24.5 Å². The van der Waals surface area contributed by atoms with Crippen molar-refractivity contribution < 1.29 is 9.59 Å². The highest BCUT2D eigenvalue weighted by Crippen LogP contribution is 2.32. The van der Waals surface area contributed by atoms with Gasteiger partial charge in [0.15, 0.2) is 5.82 Å². The van der Waals surface area contributed by atoms with E-state index < -0.39 is 5.92 Å². The molecule has 0 bridgehead atoms. The third-order valence-corrected chi connectivity index (χ3v) is 5.99. The summed E-state index contributed by atoms with van der Waals surface area (Å²) in [7, 11) is 0. The molecule has 2 amide bonds. The van der Waals surface area contributed by atoms with Crippen molar-refractivity contribution in [3.05, 3.63) is 36.8 Å². The van der Waals surface area contributed by atoms with E-state index in [2.05, 4.69) is 20.2 Å². The number of carbonyl (C=O) groups excluding carboxylic acids is 2. The molecular weight excluding hydrogens is 382 g/mol. The van der Waals surface area contributed by atoms with Crippen molar-refractivity contribution in [1.29, 1.82) is 0 Å². The maximum atomic E-state index is 13.1. The lowest BCUT2D eigenvalue weighted by Crippen LogP contribution is -2.46. The third kappa shape index (κ3) is 3.21. The second-order valence-corrected chi connectivity index (χ2v) is 7.90.